The van der Waals surface area contributed by atoms with E-state index in [9.17, 15) is 0 Å². The summed E-state index contributed by atoms with van der Waals surface area (Å²) in [5, 5.41) is 0. The molecular formula is C4H4OS4. The van der Waals surface area contributed by atoms with Crippen molar-refractivity contribution < 1.29 is 4.18 Å². The summed E-state index contributed by atoms with van der Waals surface area (Å²) in [7, 11) is 1.48. The SMILES string of the molecule is C#CC1CSS(=S)(=S)O1. The molecule has 1 nitrogen and oxygen atoms in total. The third-order valence-electron chi connectivity index (χ3n) is 0.784. The van der Waals surface area contributed by atoms with Gasteiger partial charge in [-0.15, -0.1) is 6.42 Å². The summed E-state index contributed by atoms with van der Waals surface area (Å²) in [4.78, 5) is 0. The summed E-state index contributed by atoms with van der Waals surface area (Å²) in [6.45, 7) is -1.67. The van der Waals surface area contributed by atoms with Gasteiger partial charge in [-0.05, 0) is 22.4 Å². The highest BCUT2D eigenvalue weighted by Gasteiger charge is 2.21. The van der Waals surface area contributed by atoms with Crippen LogP contribution in [-0.2, 0) is 33.0 Å². The molecule has 1 saturated heterocycles. The molecule has 1 aliphatic rings. The minimum absolute atomic E-state index is 0.139. The molecule has 1 fully saturated rings. The van der Waals surface area contributed by atoms with Gasteiger partial charge in [0.2, 0.25) is 0 Å². The molecule has 9 heavy (non-hydrogen) atoms. The molecule has 1 heterocycles. The Morgan fingerprint density at radius 1 is 1.78 bits per heavy atom. The van der Waals surface area contributed by atoms with Crippen LogP contribution >= 0.6 is 10.8 Å². The zero-order valence-corrected chi connectivity index (χ0v) is 7.67. The molecule has 1 aliphatic heterocycles. The predicted molar refractivity (Wildman–Crippen MR) is 48.3 cm³/mol. The van der Waals surface area contributed by atoms with Crippen molar-refractivity contribution in [1.82, 2.24) is 0 Å². The van der Waals surface area contributed by atoms with Gasteiger partial charge in [0.1, 0.15) is 6.10 Å². The van der Waals surface area contributed by atoms with Crippen LogP contribution in [0.2, 0.25) is 0 Å². The smallest absolute Gasteiger partial charge is 0.143 e. The largest absolute Gasteiger partial charge is 0.285 e. The summed E-state index contributed by atoms with van der Waals surface area (Å²) < 4.78 is 5.14. The van der Waals surface area contributed by atoms with Crippen molar-refractivity contribution in [2.45, 2.75) is 6.10 Å². The quantitative estimate of drug-likeness (QED) is 0.415. The van der Waals surface area contributed by atoms with E-state index in [0.29, 0.717) is 0 Å². The highest BCUT2D eigenvalue weighted by atomic mass is 33.5. The van der Waals surface area contributed by atoms with Crippen LogP contribution in [0.15, 0.2) is 0 Å². The molecule has 0 aromatic carbocycles. The summed E-state index contributed by atoms with van der Waals surface area (Å²) in [6.07, 6.45) is 4.95. The van der Waals surface area contributed by atoms with Gasteiger partial charge in [-0.2, -0.15) is 0 Å². The van der Waals surface area contributed by atoms with Crippen molar-refractivity contribution in [2.75, 3.05) is 5.75 Å². The second kappa shape index (κ2) is 2.72. The summed E-state index contributed by atoms with van der Waals surface area (Å²) in [5.74, 6) is 3.23. The Bertz CT molecular complexity index is 234. The van der Waals surface area contributed by atoms with E-state index >= 15 is 0 Å². The third-order valence-corrected chi connectivity index (χ3v) is 5.69. The number of terminal acetylenes is 1. The van der Waals surface area contributed by atoms with Crippen LogP contribution in [0.3, 0.4) is 0 Å². The average molecular weight is 196 g/mol. The fraction of sp³-hybridized carbons (Fsp3) is 0.500. The second-order valence-corrected chi connectivity index (χ2v) is 9.85. The van der Waals surface area contributed by atoms with Crippen molar-refractivity contribution in [3.8, 4) is 12.3 Å². The van der Waals surface area contributed by atoms with Gasteiger partial charge in [-0.3, -0.25) is 4.18 Å². The molecular weight excluding hydrogens is 192 g/mol. The van der Waals surface area contributed by atoms with Gasteiger partial charge in [-0.1, -0.05) is 16.7 Å². The van der Waals surface area contributed by atoms with E-state index in [1.54, 1.807) is 0 Å². The lowest BCUT2D eigenvalue weighted by Crippen LogP contribution is -2.04. The molecule has 1 atom stereocenters. The zero-order valence-electron chi connectivity index (χ0n) is 4.40. The normalized spacial score (nSPS) is 31.7. The van der Waals surface area contributed by atoms with Gasteiger partial charge in [-0.25, -0.2) is 0 Å². The highest BCUT2D eigenvalue weighted by molar-refractivity contribution is 8.96. The van der Waals surface area contributed by atoms with Gasteiger partial charge in [0.25, 0.3) is 0 Å². The van der Waals surface area contributed by atoms with Gasteiger partial charge in [0, 0.05) is 5.75 Å². The lowest BCUT2D eigenvalue weighted by atomic mass is 10.4. The third kappa shape index (κ3) is 2.06. The number of hydrogen-bond acceptors (Lipinski definition) is 4. The molecule has 1 rings (SSSR count). The molecule has 0 spiro atoms. The van der Waals surface area contributed by atoms with Crippen LogP contribution in [0.25, 0.3) is 0 Å². The van der Waals surface area contributed by atoms with E-state index in [2.05, 4.69) is 5.92 Å². The average Bonchev–Trinajstić information content (AvgIpc) is 2.10. The first-order valence-electron chi connectivity index (χ1n) is 2.18. The topological polar surface area (TPSA) is 9.23 Å². The molecule has 5 heteroatoms. The predicted octanol–water partition coefficient (Wildman–Crippen LogP) is 0.659. The van der Waals surface area contributed by atoms with E-state index in [-0.39, 0.29) is 6.10 Å². The summed E-state index contributed by atoms with van der Waals surface area (Å²) >= 11 is 9.79. The molecule has 0 saturated carbocycles. The molecule has 0 bridgehead atoms. The van der Waals surface area contributed by atoms with Crippen molar-refractivity contribution in [1.29, 1.82) is 0 Å². The standard InChI is InChI=1S/C4H4OS4/c1-2-4-3-8-9(6,7)5-4/h1,4H,3H2. The molecule has 0 radical (unpaired) electrons. The van der Waals surface area contributed by atoms with Crippen LogP contribution in [0.1, 0.15) is 0 Å². The minimum atomic E-state index is -1.67. The van der Waals surface area contributed by atoms with Crippen molar-refractivity contribution in [2.24, 2.45) is 0 Å². The molecule has 1 unspecified atom stereocenters. The van der Waals surface area contributed by atoms with E-state index in [4.69, 9.17) is 33.0 Å². The molecule has 50 valence electrons. The number of hydrogen-bond donors (Lipinski definition) is 0. The Balaban J connectivity index is 2.72. The first-order valence-corrected chi connectivity index (χ1v) is 7.09. The van der Waals surface area contributed by atoms with Crippen LogP contribution < -0.4 is 0 Å². The monoisotopic (exact) mass is 196 g/mol. The minimum Gasteiger partial charge on any atom is -0.285 e. The van der Waals surface area contributed by atoms with E-state index in [0.717, 1.165) is 5.75 Å². The lowest BCUT2D eigenvalue weighted by Gasteiger charge is -1.97. The van der Waals surface area contributed by atoms with Crippen LogP contribution in [-0.4, -0.2) is 11.9 Å². The van der Waals surface area contributed by atoms with Gasteiger partial charge in [0.15, 0.2) is 0 Å². The Kier molecular flexibility index (Phi) is 2.35. The number of rotatable bonds is 0. The lowest BCUT2D eigenvalue weighted by molar-refractivity contribution is 0.344. The Labute approximate surface area is 68.0 Å². The fourth-order valence-corrected chi connectivity index (χ4v) is 4.31. The second-order valence-electron chi connectivity index (χ2n) is 1.44. The summed E-state index contributed by atoms with van der Waals surface area (Å²) in [6, 6.07) is 0. The van der Waals surface area contributed by atoms with Gasteiger partial charge >= 0.3 is 0 Å². The Hall–Kier alpha value is 0.660. The molecule has 0 N–H and O–H groups in total. The molecule has 0 aliphatic carbocycles. The van der Waals surface area contributed by atoms with Crippen molar-refractivity contribution in [3.63, 3.8) is 0 Å². The first-order chi connectivity index (χ1) is 4.14. The van der Waals surface area contributed by atoms with E-state index in [1.165, 1.54) is 10.8 Å². The maximum Gasteiger partial charge on any atom is 0.143 e. The van der Waals surface area contributed by atoms with E-state index in [1.807, 2.05) is 0 Å². The van der Waals surface area contributed by atoms with Crippen molar-refractivity contribution >= 4 is 39.6 Å². The molecule has 0 amide bonds. The van der Waals surface area contributed by atoms with Gasteiger partial charge < -0.3 is 0 Å². The highest BCUT2D eigenvalue weighted by Crippen LogP contribution is 2.27. The maximum atomic E-state index is 5.14. The van der Waals surface area contributed by atoms with Crippen molar-refractivity contribution in [3.05, 3.63) is 0 Å². The summed E-state index contributed by atoms with van der Waals surface area (Å²) in [5.41, 5.74) is 0. The maximum absolute atomic E-state index is 5.14. The Morgan fingerprint density at radius 3 is 2.67 bits per heavy atom. The fourth-order valence-electron chi connectivity index (χ4n) is 0.419. The van der Waals surface area contributed by atoms with E-state index < -0.39 is 6.46 Å². The zero-order chi connectivity index (χ0) is 6.91. The van der Waals surface area contributed by atoms with Crippen LogP contribution in [0.4, 0.5) is 0 Å². The van der Waals surface area contributed by atoms with Gasteiger partial charge in [0.05, 0.1) is 6.46 Å². The molecule has 0 aromatic rings. The molecule has 0 aromatic heterocycles. The van der Waals surface area contributed by atoms with Crippen LogP contribution in [0, 0.1) is 12.3 Å². The van der Waals surface area contributed by atoms with Crippen LogP contribution in [0.5, 0.6) is 0 Å². The first kappa shape index (κ1) is 7.76. The Morgan fingerprint density at radius 2 is 2.44 bits per heavy atom.